The largest absolute Gasteiger partial charge is 0.394 e. The number of rotatable bonds is 3. The molecular weight excluding hydrogens is 238 g/mol. The minimum absolute atomic E-state index is 0.0291. The van der Waals surface area contributed by atoms with Crippen molar-refractivity contribution in [3.8, 4) is 0 Å². The quantitative estimate of drug-likeness (QED) is 0.908. The first kappa shape index (κ1) is 13.1. The second-order valence-corrected chi connectivity index (χ2v) is 5.69. The van der Waals surface area contributed by atoms with E-state index in [0.29, 0.717) is 6.04 Å². The molecule has 0 unspecified atom stereocenters. The lowest BCUT2D eigenvalue weighted by atomic mass is 9.93. The van der Waals surface area contributed by atoms with Gasteiger partial charge in [-0.2, -0.15) is 0 Å². The summed E-state index contributed by atoms with van der Waals surface area (Å²) in [6, 6.07) is 11.0. The second kappa shape index (κ2) is 6.04. The number of aliphatic hydroxyl groups excluding tert-OH is 1. The lowest BCUT2D eigenvalue weighted by Gasteiger charge is -2.34. The first-order valence-corrected chi connectivity index (χ1v) is 7.45. The van der Waals surface area contributed by atoms with Crippen LogP contribution in [-0.4, -0.2) is 35.3 Å². The van der Waals surface area contributed by atoms with Gasteiger partial charge >= 0.3 is 0 Å². The van der Waals surface area contributed by atoms with Crippen LogP contribution in [0.4, 0.5) is 0 Å². The lowest BCUT2D eigenvalue weighted by molar-refractivity contribution is -0.0343. The van der Waals surface area contributed by atoms with Crippen LogP contribution in [0.15, 0.2) is 30.3 Å². The molecule has 1 aromatic carbocycles. The van der Waals surface area contributed by atoms with Crippen molar-refractivity contribution in [2.24, 2.45) is 0 Å². The monoisotopic (exact) mass is 261 g/mol. The van der Waals surface area contributed by atoms with Crippen molar-refractivity contribution in [2.45, 2.75) is 50.5 Å². The predicted molar refractivity (Wildman–Crippen MR) is 74.7 cm³/mol. The van der Waals surface area contributed by atoms with Crippen molar-refractivity contribution in [1.82, 2.24) is 4.90 Å². The number of aliphatic hydroxyl groups is 1. The Morgan fingerprint density at radius 3 is 2.53 bits per heavy atom. The molecule has 0 bridgehead atoms. The van der Waals surface area contributed by atoms with Crippen molar-refractivity contribution in [3.05, 3.63) is 35.9 Å². The van der Waals surface area contributed by atoms with Crippen molar-refractivity contribution in [3.63, 3.8) is 0 Å². The molecule has 0 spiro atoms. The van der Waals surface area contributed by atoms with E-state index in [1.807, 2.05) is 6.07 Å². The molecule has 3 nitrogen and oxygen atoms in total. The Morgan fingerprint density at radius 2 is 1.84 bits per heavy atom. The van der Waals surface area contributed by atoms with Crippen LogP contribution in [0.2, 0.25) is 0 Å². The van der Waals surface area contributed by atoms with E-state index in [9.17, 15) is 5.11 Å². The summed E-state index contributed by atoms with van der Waals surface area (Å²) in [5.74, 6) is 0. The molecular formula is C16H23NO2. The van der Waals surface area contributed by atoms with Gasteiger partial charge in [0.15, 0.2) is 0 Å². The molecule has 1 saturated carbocycles. The Morgan fingerprint density at radius 1 is 1.11 bits per heavy atom. The highest BCUT2D eigenvalue weighted by Crippen LogP contribution is 2.36. The molecule has 3 heteroatoms. The highest BCUT2D eigenvalue weighted by atomic mass is 16.5. The number of ether oxygens (including phenoxy) is 1. The Balaban J connectivity index is 1.79. The van der Waals surface area contributed by atoms with Gasteiger partial charge in [0.1, 0.15) is 6.23 Å². The Hall–Kier alpha value is -0.900. The normalized spacial score (nSPS) is 29.7. The molecule has 2 fully saturated rings. The molecule has 0 aromatic heterocycles. The zero-order valence-corrected chi connectivity index (χ0v) is 11.4. The van der Waals surface area contributed by atoms with Gasteiger partial charge in [-0.25, -0.2) is 0 Å². The van der Waals surface area contributed by atoms with Gasteiger partial charge in [0.2, 0.25) is 0 Å². The SMILES string of the molecule is OC[C@H]1CN(C2CCCCC2)[C@H](c2ccccc2)O1. The third-order valence-corrected chi connectivity index (χ3v) is 4.37. The van der Waals surface area contributed by atoms with Crippen molar-refractivity contribution in [1.29, 1.82) is 0 Å². The van der Waals surface area contributed by atoms with Gasteiger partial charge in [-0.05, 0) is 18.4 Å². The van der Waals surface area contributed by atoms with E-state index < -0.39 is 0 Å². The van der Waals surface area contributed by atoms with Gasteiger partial charge in [0, 0.05) is 12.6 Å². The third-order valence-electron chi connectivity index (χ3n) is 4.37. The van der Waals surface area contributed by atoms with E-state index in [4.69, 9.17) is 4.74 Å². The molecule has 104 valence electrons. The third kappa shape index (κ3) is 2.83. The van der Waals surface area contributed by atoms with E-state index >= 15 is 0 Å². The van der Waals surface area contributed by atoms with Crippen LogP contribution in [0.1, 0.15) is 43.9 Å². The summed E-state index contributed by atoms with van der Waals surface area (Å²) in [7, 11) is 0. The molecule has 2 atom stereocenters. The maximum atomic E-state index is 9.40. The van der Waals surface area contributed by atoms with E-state index in [2.05, 4.69) is 29.2 Å². The molecule has 0 radical (unpaired) electrons. The highest BCUT2D eigenvalue weighted by Gasteiger charge is 2.37. The van der Waals surface area contributed by atoms with Gasteiger partial charge in [-0.15, -0.1) is 0 Å². The number of hydrogen-bond acceptors (Lipinski definition) is 3. The van der Waals surface area contributed by atoms with Gasteiger partial charge in [-0.3, -0.25) is 4.90 Å². The summed E-state index contributed by atoms with van der Waals surface area (Å²) in [5.41, 5.74) is 1.21. The molecule has 3 rings (SSSR count). The summed E-state index contributed by atoms with van der Waals surface area (Å²) in [5, 5.41) is 9.40. The average Bonchev–Trinajstić information content (AvgIpc) is 2.93. The van der Waals surface area contributed by atoms with E-state index in [-0.39, 0.29) is 18.9 Å². The smallest absolute Gasteiger partial charge is 0.137 e. The van der Waals surface area contributed by atoms with Crippen LogP contribution in [0.5, 0.6) is 0 Å². The zero-order valence-electron chi connectivity index (χ0n) is 11.4. The second-order valence-electron chi connectivity index (χ2n) is 5.69. The maximum Gasteiger partial charge on any atom is 0.137 e. The Labute approximate surface area is 115 Å². The van der Waals surface area contributed by atoms with Crippen LogP contribution in [-0.2, 0) is 4.74 Å². The minimum atomic E-state index is -0.0351. The standard InChI is InChI=1S/C16H23NO2/c18-12-15-11-17(14-9-5-2-6-10-14)16(19-15)13-7-3-1-4-8-13/h1,3-4,7-8,14-16,18H,2,5-6,9-12H2/t15-,16+/m1/s1. The molecule has 1 aromatic rings. The van der Waals surface area contributed by atoms with Crippen molar-refractivity contribution >= 4 is 0 Å². The van der Waals surface area contributed by atoms with E-state index in [1.165, 1.54) is 37.7 Å². The molecule has 1 aliphatic heterocycles. The Kier molecular flexibility index (Phi) is 4.16. The summed E-state index contributed by atoms with van der Waals surface area (Å²) in [4.78, 5) is 2.47. The minimum Gasteiger partial charge on any atom is -0.394 e. The molecule has 1 heterocycles. The van der Waals surface area contributed by atoms with E-state index in [0.717, 1.165) is 6.54 Å². The number of nitrogens with zero attached hydrogens (tertiary/aromatic N) is 1. The molecule has 1 aliphatic carbocycles. The molecule has 2 aliphatic rings. The predicted octanol–water partition coefficient (Wildman–Crippen LogP) is 2.71. The fraction of sp³-hybridized carbons (Fsp3) is 0.625. The van der Waals surface area contributed by atoms with Gasteiger partial charge in [0.25, 0.3) is 0 Å². The lowest BCUT2D eigenvalue weighted by Crippen LogP contribution is -2.37. The summed E-state index contributed by atoms with van der Waals surface area (Å²) in [6.07, 6.45) is 6.55. The highest BCUT2D eigenvalue weighted by molar-refractivity contribution is 5.18. The maximum absolute atomic E-state index is 9.40. The molecule has 19 heavy (non-hydrogen) atoms. The van der Waals surface area contributed by atoms with Gasteiger partial charge < -0.3 is 9.84 Å². The summed E-state index contributed by atoms with van der Waals surface area (Å²) >= 11 is 0. The van der Waals surface area contributed by atoms with Crippen LogP contribution in [0.3, 0.4) is 0 Å². The van der Waals surface area contributed by atoms with Crippen LogP contribution in [0.25, 0.3) is 0 Å². The summed E-state index contributed by atoms with van der Waals surface area (Å²) in [6.45, 7) is 0.979. The van der Waals surface area contributed by atoms with Crippen molar-refractivity contribution < 1.29 is 9.84 Å². The molecule has 0 amide bonds. The fourth-order valence-electron chi connectivity index (χ4n) is 3.38. The average molecular weight is 261 g/mol. The topological polar surface area (TPSA) is 32.7 Å². The number of benzene rings is 1. The van der Waals surface area contributed by atoms with Gasteiger partial charge in [0.05, 0.1) is 12.7 Å². The first-order chi connectivity index (χ1) is 9.38. The van der Waals surface area contributed by atoms with Crippen LogP contribution >= 0.6 is 0 Å². The molecule has 1 N–H and O–H groups in total. The van der Waals surface area contributed by atoms with Crippen molar-refractivity contribution in [2.75, 3.05) is 13.2 Å². The number of hydrogen-bond donors (Lipinski definition) is 1. The fourth-order valence-corrected chi connectivity index (χ4v) is 3.38. The van der Waals surface area contributed by atoms with Gasteiger partial charge in [-0.1, -0.05) is 49.6 Å². The van der Waals surface area contributed by atoms with Crippen LogP contribution < -0.4 is 0 Å². The zero-order chi connectivity index (χ0) is 13.1. The Bertz CT molecular complexity index is 389. The van der Waals surface area contributed by atoms with Crippen LogP contribution in [0, 0.1) is 0 Å². The van der Waals surface area contributed by atoms with E-state index in [1.54, 1.807) is 0 Å². The summed E-state index contributed by atoms with van der Waals surface area (Å²) < 4.78 is 6.04. The molecule has 1 saturated heterocycles. The first-order valence-electron chi connectivity index (χ1n) is 7.45.